The predicted octanol–water partition coefficient (Wildman–Crippen LogP) is 0.117. The standard InChI is InChI=1S/C12H18O7/c1-4-16-12-11(18-8(3)15)10(17-7(2)14)5-9(6-13)19-12/h4,9-13H,1,5-6H2,2-3H3/t9-,10-,11+,12?/m0/s1. The minimum atomic E-state index is -0.975. The van der Waals surface area contributed by atoms with Crippen molar-refractivity contribution in [2.24, 2.45) is 0 Å². The van der Waals surface area contributed by atoms with Gasteiger partial charge in [-0.2, -0.15) is 0 Å². The molecular formula is C12H18O7. The molecule has 0 amide bonds. The highest BCUT2D eigenvalue weighted by Gasteiger charge is 2.43. The minimum absolute atomic E-state index is 0.213. The van der Waals surface area contributed by atoms with Gasteiger partial charge in [0, 0.05) is 20.3 Å². The van der Waals surface area contributed by atoms with Gasteiger partial charge in [-0.25, -0.2) is 0 Å². The maximum Gasteiger partial charge on any atom is 0.303 e. The lowest BCUT2D eigenvalue weighted by Crippen LogP contribution is -2.53. The van der Waals surface area contributed by atoms with Crippen LogP contribution in [0.15, 0.2) is 12.8 Å². The molecule has 1 fully saturated rings. The number of ether oxygens (including phenoxy) is 4. The van der Waals surface area contributed by atoms with Gasteiger partial charge in [-0.05, 0) is 0 Å². The smallest absolute Gasteiger partial charge is 0.303 e. The zero-order chi connectivity index (χ0) is 14.4. The Hall–Kier alpha value is -1.60. The van der Waals surface area contributed by atoms with E-state index in [9.17, 15) is 9.59 Å². The van der Waals surface area contributed by atoms with E-state index in [1.54, 1.807) is 0 Å². The van der Waals surface area contributed by atoms with E-state index < -0.39 is 36.5 Å². The van der Waals surface area contributed by atoms with Crippen molar-refractivity contribution in [2.45, 2.75) is 44.9 Å². The molecule has 0 radical (unpaired) electrons. The Morgan fingerprint density at radius 1 is 1.37 bits per heavy atom. The summed E-state index contributed by atoms with van der Waals surface area (Å²) in [6.45, 7) is 5.61. The van der Waals surface area contributed by atoms with Crippen LogP contribution in [0.4, 0.5) is 0 Å². The molecule has 0 aromatic carbocycles. The quantitative estimate of drug-likeness (QED) is 0.562. The maximum absolute atomic E-state index is 11.1. The number of hydrogen-bond acceptors (Lipinski definition) is 7. The van der Waals surface area contributed by atoms with Crippen molar-refractivity contribution in [3.05, 3.63) is 12.8 Å². The second-order valence-corrected chi connectivity index (χ2v) is 4.07. The van der Waals surface area contributed by atoms with E-state index in [4.69, 9.17) is 24.1 Å². The van der Waals surface area contributed by atoms with Crippen molar-refractivity contribution in [2.75, 3.05) is 6.61 Å². The molecule has 1 rings (SSSR count). The lowest BCUT2D eigenvalue weighted by atomic mass is 10.0. The number of esters is 2. The minimum Gasteiger partial charge on any atom is -0.469 e. The van der Waals surface area contributed by atoms with Gasteiger partial charge in [0.25, 0.3) is 0 Å². The van der Waals surface area contributed by atoms with E-state index >= 15 is 0 Å². The first-order valence-corrected chi connectivity index (χ1v) is 5.85. The van der Waals surface area contributed by atoms with Crippen molar-refractivity contribution in [3.63, 3.8) is 0 Å². The van der Waals surface area contributed by atoms with Crippen molar-refractivity contribution < 1.29 is 33.6 Å². The third-order valence-electron chi connectivity index (χ3n) is 2.51. The van der Waals surface area contributed by atoms with E-state index in [-0.39, 0.29) is 13.0 Å². The number of aliphatic hydroxyl groups excluding tert-OH is 1. The first kappa shape index (κ1) is 15.5. The van der Waals surface area contributed by atoms with Crippen LogP contribution in [0, 0.1) is 0 Å². The molecule has 0 aromatic heterocycles. The van der Waals surface area contributed by atoms with Gasteiger partial charge in [0.2, 0.25) is 12.4 Å². The third kappa shape index (κ3) is 4.53. The molecular weight excluding hydrogens is 256 g/mol. The summed E-state index contributed by atoms with van der Waals surface area (Å²) in [6.07, 6.45) is -1.84. The SMILES string of the molecule is C=COC1O[C@H](CO)C[C@H](OC(C)=O)[C@H]1OC(C)=O. The summed E-state index contributed by atoms with van der Waals surface area (Å²) in [7, 11) is 0. The number of carbonyl (C=O) groups excluding carboxylic acids is 2. The highest BCUT2D eigenvalue weighted by Crippen LogP contribution is 2.26. The molecule has 7 heteroatoms. The zero-order valence-corrected chi connectivity index (χ0v) is 10.9. The Morgan fingerprint density at radius 2 is 2.00 bits per heavy atom. The van der Waals surface area contributed by atoms with Gasteiger partial charge in [-0.15, -0.1) is 0 Å². The molecule has 0 spiro atoms. The largest absolute Gasteiger partial charge is 0.469 e. The first-order valence-electron chi connectivity index (χ1n) is 5.85. The Labute approximate surface area is 111 Å². The van der Waals surface area contributed by atoms with Gasteiger partial charge in [0.1, 0.15) is 6.10 Å². The topological polar surface area (TPSA) is 91.3 Å². The summed E-state index contributed by atoms with van der Waals surface area (Å²) in [5.74, 6) is -1.07. The molecule has 1 aliphatic heterocycles. The number of rotatable bonds is 5. The monoisotopic (exact) mass is 274 g/mol. The van der Waals surface area contributed by atoms with E-state index in [1.165, 1.54) is 13.8 Å². The summed E-state index contributed by atoms with van der Waals surface area (Å²) >= 11 is 0. The average molecular weight is 274 g/mol. The van der Waals surface area contributed by atoms with Gasteiger partial charge in [-0.1, -0.05) is 6.58 Å². The molecule has 1 N–H and O–H groups in total. The molecule has 4 atom stereocenters. The van der Waals surface area contributed by atoms with E-state index in [0.29, 0.717) is 0 Å². The molecule has 108 valence electrons. The average Bonchev–Trinajstić information content (AvgIpc) is 2.32. The van der Waals surface area contributed by atoms with Gasteiger partial charge in [0.15, 0.2) is 0 Å². The van der Waals surface area contributed by atoms with Crippen LogP contribution in [0.3, 0.4) is 0 Å². The molecule has 19 heavy (non-hydrogen) atoms. The summed E-state index contributed by atoms with van der Waals surface area (Å²) in [5.41, 5.74) is 0. The van der Waals surface area contributed by atoms with Gasteiger partial charge in [-0.3, -0.25) is 9.59 Å². The van der Waals surface area contributed by atoms with Gasteiger partial charge < -0.3 is 24.1 Å². The van der Waals surface area contributed by atoms with Crippen LogP contribution < -0.4 is 0 Å². The Morgan fingerprint density at radius 3 is 2.47 bits per heavy atom. The summed E-state index contributed by atoms with van der Waals surface area (Å²) in [4.78, 5) is 22.2. The second kappa shape index (κ2) is 7.10. The molecule has 0 aromatic rings. The van der Waals surface area contributed by atoms with Crippen molar-refractivity contribution in [3.8, 4) is 0 Å². The molecule has 7 nitrogen and oxygen atoms in total. The fourth-order valence-corrected chi connectivity index (χ4v) is 1.86. The van der Waals surface area contributed by atoms with Crippen molar-refractivity contribution in [1.29, 1.82) is 0 Å². The molecule has 1 saturated heterocycles. The molecule has 0 bridgehead atoms. The summed E-state index contributed by atoms with van der Waals surface area (Å²) in [6, 6.07) is 0. The van der Waals surface area contributed by atoms with Crippen LogP contribution in [0.1, 0.15) is 20.3 Å². The normalized spacial score (nSPS) is 30.3. The Kier molecular flexibility index (Phi) is 5.78. The summed E-state index contributed by atoms with van der Waals surface area (Å²) in [5, 5.41) is 9.14. The van der Waals surface area contributed by atoms with Crippen LogP contribution in [0.2, 0.25) is 0 Å². The molecule has 1 heterocycles. The highest BCUT2D eigenvalue weighted by molar-refractivity contribution is 5.67. The molecule has 1 unspecified atom stereocenters. The van der Waals surface area contributed by atoms with Crippen molar-refractivity contribution >= 4 is 11.9 Å². The first-order chi connectivity index (χ1) is 8.97. The third-order valence-corrected chi connectivity index (χ3v) is 2.51. The fraction of sp³-hybridized carbons (Fsp3) is 0.667. The van der Waals surface area contributed by atoms with Crippen LogP contribution in [0.25, 0.3) is 0 Å². The Bertz CT molecular complexity index is 341. The van der Waals surface area contributed by atoms with Crippen LogP contribution in [0.5, 0.6) is 0 Å². The van der Waals surface area contributed by atoms with Crippen LogP contribution in [-0.2, 0) is 28.5 Å². The van der Waals surface area contributed by atoms with Crippen LogP contribution >= 0.6 is 0 Å². The molecule has 0 aliphatic carbocycles. The lowest BCUT2D eigenvalue weighted by molar-refractivity contribution is -0.264. The maximum atomic E-state index is 11.1. The lowest BCUT2D eigenvalue weighted by Gasteiger charge is -2.38. The molecule has 0 saturated carbocycles. The zero-order valence-electron chi connectivity index (χ0n) is 10.9. The van der Waals surface area contributed by atoms with E-state index in [0.717, 1.165) is 6.26 Å². The highest BCUT2D eigenvalue weighted by atomic mass is 16.7. The number of hydrogen-bond donors (Lipinski definition) is 1. The van der Waals surface area contributed by atoms with Gasteiger partial charge >= 0.3 is 11.9 Å². The number of aliphatic hydroxyl groups is 1. The fourth-order valence-electron chi connectivity index (χ4n) is 1.86. The van der Waals surface area contributed by atoms with Crippen LogP contribution in [-0.4, -0.2) is 48.3 Å². The van der Waals surface area contributed by atoms with Crippen molar-refractivity contribution in [1.82, 2.24) is 0 Å². The Balaban J connectivity index is 2.87. The molecule has 1 aliphatic rings. The predicted molar refractivity (Wildman–Crippen MR) is 62.8 cm³/mol. The van der Waals surface area contributed by atoms with Gasteiger partial charge in [0.05, 0.1) is 19.0 Å². The number of carbonyl (C=O) groups is 2. The van der Waals surface area contributed by atoms with E-state index in [1.807, 2.05) is 0 Å². The van der Waals surface area contributed by atoms with E-state index in [2.05, 4.69) is 6.58 Å². The second-order valence-electron chi connectivity index (χ2n) is 4.07. The summed E-state index contributed by atoms with van der Waals surface area (Å²) < 4.78 is 20.7.